The number of carbonyl (C=O) groups excluding carboxylic acids is 2. The maximum absolute atomic E-state index is 13.2. The van der Waals surface area contributed by atoms with Crippen molar-refractivity contribution in [2.24, 2.45) is 22.7 Å². The second kappa shape index (κ2) is 9.43. The molecule has 204 valence electrons. The van der Waals surface area contributed by atoms with E-state index in [1.165, 1.54) is 23.5 Å². The van der Waals surface area contributed by atoms with Crippen LogP contribution in [0, 0.1) is 22.7 Å². The van der Waals surface area contributed by atoms with Gasteiger partial charge in [0.1, 0.15) is 24.5 Å². The molecule has 4 aliphatic rings. The fourth-order valence-corrected chi connectivity index (χ4v) is 7.26. The second-order valence-electron chi connectivity index (χ2n) is 12.4. The van der Waals surface area contributed by atoms with Crippen LogP contribution in [-0.2, 0) is 20.7 Å². The Kier molecular flexibility index (Phi) is 6.69. The van der Waals surface area contributed by atoms with E-state index in [1.54, 1.807) is 6.07 Å². The van der Waals surface area contributed by atoms with Crippen molar-refractivity contribution in [3.63, 3.8) is 0 Å². The van der Waals surface area contributed by atoms with Gasteiger partial charge in [-0.3, -0.25) is 14.5 Å². The van der Waals surface area contributed by atoms with Crippen LogP contribution in [0.25, 0.3) is 0 Å². The number of phenols is 2. The molecule has 2 saturated heterocycles. The Labute approximate surface area is 218 Å². The lowest BCUT2D eigenvalue weighted by Gasteiger charge is -2.45. The fraction of sp³-hybridized carbons (Fsp3) is 0.714. The summed E-state index contributed by atoms with van der Waals surface area (Å²) < 4.78 is 6.12. The zero-order chi connectivity index (χ0) is 26.7. The lowest BCUT2D eigenvalue weighted by Crippen LogP contribution is -2.61. The maximum Gasteiger partial charge on any atom is 0.323 e. The van der Waals surface area contributed by atoms with Crippen molar-refractivity contribution in [1.82, 2.24) is 9.80 Å². The maximum atomic E-state index is 13.2. The number of hydrogen-bond donors (Lipinski definition) is 4. The normalized spacial score (nSPS) is 32.8. The number of benzene rings is 1. The Balaban J connectivity index is 1.13. The van der Waals surface area contributed by atoms with Gasteiger partial charge in [-0.2, -0.15) is 0 Å². The number of carbonyl (C=O) groups is 2. The highest BCUT2D eigenvalue weighted by Gasteiger charge is 2.63. The van der Waals surface area contributed by atoms with E-state index in [1.807, 2.05) is 4.90 Å². The smallest absolute Gasteiger partial charge is 0.323 e. The van der Waals surface area contributed by atoms with Gasteiger partial charge in [0, 0.05) is 37.4 Å². The largest absolute Gasteiger partial charge is 0.504 e. The number of ether oxygens (including phenoxy) is 1. The van der Waals surface area contributed by atoms with Crippen LogP contribution in [-0.4, -0.2) is 86.2 Å². The molecule has 4 fully saturated rings. The van der Waals surface area contributed by atoms with Gasteiger partial charge in [0.2, 0.25) is 0 Å². The van der Waals surface area contributed by atoms with Gasteiger partial charge in [0.15, 0.2) is 11.5 Å². The molecule has 1 amide bonds. The summed E-state index contributed by atoms with van der Waals surface area (Å²) in [6.07, 6.45) is 2.42. The van der Waals surface area contributed by atoms with Crippen molar-refractivity contribution in [1.29, 1.82) is 0 Å². The Hall–Kier alpha value is -2.36. The predicted octanol–water partition coefficient (Wildman–Crippen LogP) is 2.00. The van der Waals surface area contributed by atoms with Crippen LogP contribution >= 0.6 is 0 Å². The van der Waals surface area contributed by atoms with Gasteiger partial charge in [-0.05, 0) is 61.1 Å². The molecule has 9 heteroatoms. The lowest BCUT2D eigenvalue weighted by atomic mass is 9.70. The number of hydrogen-bond acceptors (Lipinski definition) is 8. The van der Waals surface area contributed by atoms with Gasteiger partial charge in [0.05, 0.1) is 0 Å². The first-order valence-electron chi connectivity index (χ1n) is 13.5. The average molecular weight is 517 g/mol. The Morgan fingerprint density at radius 1 is 1.11 bits per heavy atom. The third-order valence-electron chi connectivity index (χ3n) is 10.3. The number of phenolic OH excluding ortho intramolecular Hbond substituents is 2. The minimum atomic E-state index is -1.29. The van der Waals surface area contributed by atoms with E-state index < -0.39 is 24.3 Å². The van der Waals surface area contributed by atoms with Crippen molar-refractivity contribution >= 4 is 11.9 Å². The third kappa shape index (κ3) is 4.38. The molecule has 37 heavy (non-hydrogen) atoms. The molecule has 2 aliphatic carbocycles. The molecule has 0 radical (unpaired) electrons. The van der Waals surface area contributed by atoms with E-state index in [0.29, 0.717) is 37.5 Å². The number of rotatable bonds is 7. The van der Waals surface area contributed by atoms with Crippen molar-refractivity contribution in [3.05, 3.63) is 23.8 Å². The number of nitrogens with zero attached hydrogens (tertiary/aromatic N) is 2. The molecule has 9 nitrogen and oxygen atoms in total. The minimum absolute atomic E-state index is 0.00812. The van der Waals surface area contributed by atoms with Gasteiger partial charge in [-0.25, -0.2) is 0 Å². The van der Waals surface area contributed by atoms with Crippen LogP contribution in [0.15, 0.2) is 18.2 Å². The number of esters is 1. The van der Waals surface area contributed by atoms with Gasteiger partial charge >= 0.3 is 5.97 Å². The van der Waals surface area contributed by atoms with Crippen LogP contribution < -0.4 is 0 Å². The summed E-state index contributed by atoms with van der Waals surface area (Å²) >= 11 is 0. The number of fused-ring (bicyclic) bond motifs is 2. The summed E-state index contributed by atoms with van der Waals surface area (Å²) in [5.41, 5.74) is 0.672. The van der Waals surface area contributed by atoms with E-state index in [-0.39, 0.29) is 46.7 Å². The zero-order valence-electron chi connectivity index (χ0n) is 22.0. The molecular formula is C28H40N2O7. The van der Waals surface area contributed by atoms with Crippen molar-refractivity contribution in [2.75, 3.05) is 19.6 Å². The molecular weight excluding hydrogens is 476 g/mol. The Morgan fingerprint density at radius 2 is 1.84 bits per heavy atom. The first-order valence-corrected chi connectivity index (χ1v) is 13.5. The topological polar surface area (TPSA) is 131 Å². The molecule has 2 bridgehead atoms. The van der Waals surface area contributed by atoms with E-state index in [9.17, 15) is 30.0 Å². The molecule has 2 aliphatic heterocycles. The van der Waals surface area contributed by atoms with Gasteiger partial charge in [-0.15, -0.1) is 0 Å². The number of aliphatic hydroxyl groups is 2. The number of aliphatic hydroxyl groups excluding tert-OH is 2. The molecule has 0 aromatic heterocycles. The van der Waals surface area contributed by atoms with Crippen LogP contribution in [0.4, 0.5) is 0 Å². The highest BCUT2D eigenvalue weighted by atomic mass is 16.5. The van der Waals surface area contributed by atoms with E-state index in [2.05, 4.69) is 20.8 Å². The second-order valence-corrected chi connectivity index (χ2v) is 12.4. The van der Waals surface area contributed by atoms with Crippen LogP contribution in [0.3, 0.4) is 0 Å². The minimum Gasteiger partial charge on any atom is -0.504 e. The number of amides is 1. The molecule has 6 atom stereocenters. The first kappa shape index (κ1) is 26.3. The van der Waals surface area contributed by atoms with Crippen molar-refractivity contribution in [2.45, 2.75) is 83.8 Å². The summed E-state index contributed by atoms with van der Waals surface area (Å²) in [5, 5.41) is 40.5. The number of aromatic hydroxyl groups is 2. The zero-order valence-corrected chi connectivity index (χ0v) is 22.0. The van der Waals surface area contributed by atoms with E-state index >= 15 is 0 Å². The van der Waals surface area contributed by atoms with Crippen LogP contribution in [0.5, 0.6) is 11.5 Å². The monoisotopic (exact) mass is 516 g/mol. The molecule has 5 rings (SSSR count). The van der Waals surface area contributed by atoms with Crippen molar-refractivity contribution in [3.8, 4) is 11.5 Å². The summed E-state index contributed by atoms with van der Waals surface area (Å²) in [6.45, 7) is 8.03. The summed E-state index contributed by atoms with van der Waals surface area (Å²) in [4.78, 5) is 29.3. The van der Waals surface area contributed by atoms with E-state index in [0.717, 1.165) is 19.3 Å². The van der Waals surface area contributed by atoms with Crippen LogP contribution in [0.2, 0.25) is 0 Å². The highest BCUT2D eigenvalue weighted by Crippen LogP contribution is 2.66. The van der Waals surface area contributed by atoms with Gasteiger partial charge in [0.25, 0.3) is 5.91 Å². The number of likely N-dealkylation sites (tertiary alicyclic amines) is 2. The van der Waals surface area contributed by atoms with Crippen molar-refractivity contribution < 1.29 is 34.8 Å². The summed E-state index contributed by atoms with van der Waals surface area (Å²) in [6, 6.07) is 3.70. The Morgan fingerprint density at radius 3 is 2.46 bits per heavy atom. The fourth-order valence-electron chi connectivity index (χ4n) is 7.26. The Bertz CT molecular complexity index is 1050. The predicted molar refractivity (Wildman–Crippen MR) is 134 cm³/mol. The standard InChI is InChI=1S/C28H40N2O7/c1-27(2)18-8-9-28(27,3)23(13-18)37-26(36)19-5-4-10-30(19)24(34)17-14-29(15-17)25(35)22(33)12-16-6-7-20(31)21(32)11-16/h6-7,11,17-19,22-24,31-34H,4-5,8-10,12-15H2,1-3H3. The molecule has 2 heterocycles. The molecule has 6 unspecified atom stereocenters. The first-order chi connectivity index (χ1) is 17.4. The van der Waals surface area contributed by atoms with Crippen LogP contribution in [0.1, 0.15) is 58.4 Å². The summed E-state index contributed by atoms with van der Waals surface area (Å²) in [5.74, 6) is -0.884. The lowest BCUT2D eigenvalue weighted by molar-refractivity contribution is -0.173. The highest BCUT2D eigenvalue weighted by molar-refractivity contribution is 5.82. The molecule has 4 N–H and O–H groups in total. The molecule has 0 spiro atoms. The summed E-state index contributed by atoms with van der Waals surface area (Å²) in [7, 11) is 0. The molecule has 1 aromatic carbocycles. The molecule has 2 saturated carbocycles. The average Bonchev–Trinajstić information content (AvgIpc) is 3.44. The van der Waals surface area contributed by atoms with Gasteiger partial charge in [-0.1, -0.05) is 26.8 Å². The third-order valence-corrected chi connectivity index (χ3v) is 10.3. The van der Waals surface area contributed by atoms with Gasteiger partial charge < -0.3 is 30.1 Å². The molecule has 1 aromatic rings. The SMILES string of the molecule is CC1(C)C2CCC1(C)C(OC(=O)C1CCCN1C(O)C1CN(C(=O)C(O)Cc3ccc(O)c(O)c3)C1)C2. The van der Waals surface area contributed by atoms with E-state index in [4.69, 9.17) is 4.74 Å². The quantitative estimate of drug-likeness (QED) is 0.320.